The van der Waals surface area contributed by atoms with Gasteiger partial charge in [-0.15, -0.1) is 0 Å². The molecule has 0 bridgehead atoms. The van der Waals surface area contributed by atoms with Crippen molar-refractivity contribution in [1.29, 1.82) is 0 Å². The molecule has 4 aromatic rings. The normalized spacial score (nSPS) is 10.9. The number of aromatic nitrogens is 3. The van der Waals surface area contributed by atoms with Crippen LogP contribution in [0.2, 0.25) is 5.02 Å². The Morgan fingerprint density at radius 3 is 2.61 bits per heavy atom. The second kappa shape index (κ2) is 7.40. The van der Waals surface area contributed by atoms with Crippen LogP contribution in [0.3, 0.4) is 0 Å². The molecule has 2 aromatic carbocycles. The van der Waals surface area contributed by atoms with Crippen LogP contribution in [0, 0.1) is 12.7 Å². The van der Waals surface area contributed by atoms with Gasteiger partial charge in [0.15, 0.2) is 5.82 Å². The van der Waals surface area contributed by atoms with Crippen molar-refractivity contribution in [3.8, 4) is 17.1 Å². The summed E-state index contributed by atoms with van der Waals surface area (Å²) in [6.07, 6.45) is 1.73. The highest BCUT2D eigenvalue weighted by Gasteiger charge is 2.12. The predicted octanol–water partition coefficient (Wildman–Crippen LogP) is 5.54. The molecule has 5 nitrogen and oxygen atoms in total. The summed E-state index contributed by atoms with van der Waals surface area (Å²) in [5.74, 6) is 1.29. The maximum absolute atomic E-state index is 13.5. The van der Waals surface area contributed by atoms with Crippen molar-refractivity contribution in [3.05, 3.63) is 71.3 Å². The lowest BCUT2D eigenvalue weighted by atomic mass is 10.2. The molecular formula is C21H16ClFN4O. The number of anilines is 2. The van der Waals surface area contributed by atoms with E-state index in [2.05, 4.69) is 20.3 Å². The van der Waals surface area contributed by atoms with Crippen LogP contribution in [0.1, 0.15) is 5.69 Å². The van der Waals surface area contributed by atoms with E-state index < -0.39 is 5.82 Å². The molecule has 1 N–H and O–H groups in total. The zero-order chi connectivity index (χ0) is 19.7. The van der Waals surface area contributed by atoms with Crippen molar-refractivity contribution in [1.82, 2.24) is 15.0 Å². The molecule has 7 heteroatoms. The summed E-state index contributed by atoms with van der Waals surface area (Å²) in [4.78, 5) is 13.6. The lowest BCUT2D eigenvalue weighted by Gasteiger charge is -2.12. The molecule has 0 amide bonds. The fraction of sp³-hybridized carbons (Fsp3) is 0.0952. The maximum atomic E-state index is 13.5. The predicted molar refractivity (Wildman–Crippen MR) is 109 cm³/mol. The molecule has 0 atom stereocenters. The Morgan fingerprint density at radius 1 is 1.04 bits per heavy atom. The molecule has 0 fully saturated rings. The molecule has 28 heavy (non-hydrogen) atoms. The summed E-state index contributed by atoms with van der Waals surface area (Å²) >= 11 is 5.91. The molecule has 0 unspecified atom stereocenters. The number of hydrogen-bond donors (Lipinski definition) is 1. The Labute approximate surface area is 166 Å². The zero-order valence-corrected chi connectivity index (χ0v) is 16.0. The first-order chi connectivity index (χ1) is 13.5. The molecule has 0 saturated carbocycles. The number of hydrogen-bond acceptors (Lipinski definition) is 5. The van der Waals surface area contributed by atoms with Crippen LogP contribution in [-0.2, 0) is 0 Å². The molecule has 4 rings (SSSR count). The smallest absolute Gasteiger partial charge is 0.163 e. The lowest BCUT2D eigenvalue weighted by Crippen LogP contribution is -2.00. The molecule has 2 aromatic heterocycles. The van der Waals surface area contributed by atoms with Crippen LogP contribution in [0.25, 0.3) is 22.3 Å². The molecular weight excluding hydrogens is 379 g/mol. The van der Waals surface area contributed by atoms with E-state index in [4.69, 9.17) is 16.3 Å². The van der Waals surface area contributed by atoms with Crippen LogP contribution in [0.15, 0.2) is 54.7 Å². The van der Waals surface area contributed by atoms with Gasteiger partial charge in [-0.3, -0.25) is 4.98 Å². The fourth-order valence-corrected chi connectivity index (χ4v) is 2.95. The third-order valence-corrected chi connectivity index (χ3v) is 4.54. The number of fused-ring (bicyclic) bond motifs is 1. The van der Waals surface area contributed by atoms with Crippen LogP contribution < -0.4 is 10.1 Å². The highest BCUT2D eigenvalue weighted by atomic mass is 35.5. The SMILES string of the molecule is COc1ccc2nc(-c3ccc(C)nc3)nc(Nc3ccc(F)c(Cl)c3)c2c1. The van der Waals surface area contributed by atoms with E-state index in [0.717, 1.165) is 22.2 Å². The maximum Gasteiger partial charge on any atom is 0.163 e. The van der Waals surface area contributed by atoms with E-state index in [0.29, 0.717) is 23.1 Å². The van der Waals surface area contributed by atoms with Crippen LogP contribution in [0.4, 0.5) is 15.9 Å². The Morgan fingerprint density at radius 2 is 1.89 bits per heavy atom. The van der Waals surface area contributed by atoms with Crippen molar-refractivity contribution in [2.75, 3.05) is 12.4 Å². The average Bonchev–Trinajstić information content (AvgIpc) is 2.71. The Hall–Kier alpha value is -3.25. The molecule has 140 valence electrons. The minimum absolute atomic E-state index is 0.0314. The zero-order valence-electron chi connectivity index (χ0n) is 15.2. The van der Waals surface area contributed by atoms with Gasteiger partial charge in [0.05, 0.1) is 17.6 Å². The summed E-state index contributed by atoms with van der Waals surface area (Å²) in [6.45, 7) is 1.92. The minimum atomic E-state index is -0.479. The Balaban J connectivity index is 1.87. The van der Waals surface area contributed by atoms with Crippen LogP contribution in [-0.4, -0.2) is 22.1 Å². The number of nitrogens with zero attached hydrogens (tertiary/aromatic N) is 3. The minimum Gasteiger partial charge on any atom is -0.497 e. The van der Waals surface area contributed by atoms with E-state index in [9.17, 15) is 4.39 Å². The number of pyridine rings is 1. The largest absolute Gasteiger partial charge is 0.497 e. The molecule has 0 aliphatic carbocycles. The first kappa shape index (κ1) is 18.1. The molecule has 2 heterocycles. The van der Waals surface area contributed by atoms with E-state index in [1.165, 1.54) is 12.1 Å². The second-order valence-electron chi connectivity index (χ2n) is 6.22. The lowest BCUT2D eigenvalue weighted by molar-refractivity contribution is 0.415. The average molecular weight is 395 g/mol. The number of methoxy groups -OCH3 is 1. The van der Waals surface area contributed by atoms with Gasteiger partial charge in [0.1, 0.15) is 17.4 Å². The number of ether oxygens (including phenoxy) is 1. The third kappa shape index (κ3) is 3.59. The van der Waals surface area contributed by atoms with Gasteiger partial charge in [0.25, 0.3) is 0 Å². The number of benzene rings is 2. The summed E-state index contributed by atoms with van der Waals surface area (Å²) in [5, 5.41) is 4.01. The Bertz CT molecular complexity index is 1170. The Kier molecular flexibility index (Phi) is 4.79. The van der Waals surface area contributed by atoms with Crippen molar-refractivity contribution in [2.24, 2.45) is 0 Å². The van der Waals surface area contributed by atoms with Crippen molar-refractivity contribution < 1.29 is 9.13 Å². The van der Waals surface area contributed by atoms with Gasteiger partial charge in [0, 0.05) is 28.5 Å². The molecule has 0 aliphatic rings. The summed E-state index contributed by atoms with van der Waals surface area (Å²) in [5.41, 5.74) is 3.06. The van der Waals surface area contributed by atoms with E-state index in [1.807, 2.05) is 37.3 Å². The summed E-state index contributed by atoms with van der Waals surface area (Å²) in [7, 11) is 1.60. The van der Waals surface area contributed by atoms with Crippen molar-refractivity contribution in [2.45, 2.75) is 6.92 Å². The van der Waals surface area contributed by atoms with Crippen LogP contribution >= 0.6 is 11.6 Å². The number of halogens is 2. The van der Waals surface area contributed by atoms with Gasteiger partial charge < -0.3 is 10.1 Å². The van der Waals surface area contributed by atoms with Gasteiger partial charge >= 0.3 is 0 Å². The first-order valence-corrected chi connectivity index (χ1v) is 8.92. The van der Waals surface area contributed by atoms with E-state index in [1.54, 1.807) is 19.4 Å². The van der Waals surface area contributed by atoms with Gasteiger partial charge in [0.2, 0.25) is 0 Å². The number of aryl methyl sites for hydroxylation is 1. The second-order valence-corrected chi connectivity index (χ2v) is 6.63. The van der Waals surface area contributed by atoms with Gasteiger partial charge in [-0.2, -0.15) is 0 Å². The molecule has 0 spiro atoms. The standard InChI is InChI=1S/C21H16ClFN4O/c1-12-3-4-13(11-24-12)20-26-19-8-6-15(28-2)10-16(19)21(27-20)25-14-5-7-18(23)17(22)9-14/h3-11H,1-2H3,(H,25,26,27). The van der Waals surface area contributed by atoms with Gasteiger partial charge in [-0.25, -0.2) is 14.4 Å². The van der Waals surface area contributed by atoms with Gasteiger partial charge in [-0.1, -0.05) is 11.6 Å². The quantitative estimate of drug-likeness (QED) is 0.492. The fourth-order valence-electron chi connectivity index (χ4n) is 2.77. The number of nitrogens with one attached hydrogen (secondary N) is 1. The van der Waals surface area contributed by atoms with Crippen molar-refractivity contribution >= 4 is 34.0 Å². The highest BCUT2D eigenvalue weighted by molar-refractivity contribution is 6.31. The topological polar surface area (TPSA) is 59.9 Å². The van der Waals surface area contributed by atoms with Crippen molar-refractivity contribution in [3.63, 3.8) is 0 Å². The summed E-state index contributed by atoms with van der Waals surface area (Å²) < 4.78 is 18.8. The monoisotopic (exact) mass is 394 g/mol. The third-order valence-electron chi connectivity index (χ3n) is 4.25. The highest BCUT2D eigenvalue weighted by Crippen LogP contribution is 2.31. The summed E-state index contributed by atoms with van der Waals surface area (Å²) in [6, 6.07) is 13.8. The molecule has 0 radical (unpaired) electrons. The molecule has 0 aliphatic heterocycles. The number of rotatable bonds is 4. The van der Waals surface area contributed by atoms with Crippen LogP contribution in [0.5, 0.6) is 5.75 Å². The van der Waals surface area contributed by atoms with Gasteiger partial charge in [-0.05, 0) is 55.5 Å². The van der Waals surface area contributed by atoms with E-state index in [-0.39, 0.29) is 5.02 Å². The first-order valence-electron chi connectivity index (χ1n) is 8.54. The molecule has 0 saturated heterocycles. The van der Waals surface area contributed by atoms with E-state index >= 15 is 0 Å².